The summed E-state index contributed by atoms with van der Waals surface area (Å²) in [6, 6.07) is 11.8. The molecule has 0 bridgehead atoms. The molecule has 1 unspecified atom stereocenters. The van der Waals surface area contributed by atoms with E-state index in [4.69, 9.17) is 18.9 Å². The summed E-state index contributed by atoms with van der Waals surface area (Å²) < 4.78 is 22.5. The van der Waals surface area contributed by atoms with Gasteiger partial charge in [0.1, 0.15) is 26.4 Å². The zero-order valence-corrected chi connectivity index (χ0v) is 16.1. The Balaban J connectivity index is 1.32. The molecule has 0 radical (unpaired) electrons. The third kappa shape index (κ3) is 3.62. The first-order valence-electron chi connectivity index (χ1n) is 10.1. The molecule has 29 heavy (non-hydrogen) atoms. The van der Waals surface area contributed by atoms with Crippen molar-refractivity contribution in [1.29, 1.82) is 0 Å². The lowest BCUT2D eigenvalue weighted by molar-refractivity contribution is -0.126. The lowest BCUT2D eigenvalue weighted by atomic mass is 10.0. The van der Waals surface area contributed by atoms with E-state index in [2.05, 4.69) is 0 Å². The number of hydrogen-bond donors (Lipinski definition) is 0. The molecular formula is C23H23NO5. The minimum Gasteiger partial charge on any atom is -0.486 e. The summed E-state index contributed by atoms with van der Waals surface area (Å²) in [5.41, 5.74) is 2.01. The Kier molecular flexibility index (Phi) is 4.76. The second kappa shape index (κ2) is 7.70. The smallest absolute Gasteiger partial charge is 0.247 e. The standard InChI is InChI=1S/C23H23NO5/c25-23(8-4-16-3-6-19-21(14-16)28-12-10-26-19)24-9-1-2-18(24)17-5-7-20-22(15-17)29-13-11-27-20/h3-8,14-15,18H,1-2,9-13H2/b8-4+. The van der Waals surface area contributed by atoms with Gasteiger partial charge in [0.25, 0.3) is 0 Å². The van der Waals surface area contributed by atoms with Gasteiger partial charge >= 0.3 is 0 Å². The molecule has 1 amide bonds. The van der Waals surface area contributed by atoms with Crippen molar-refractivity contribution in [3.05, 3.63) is 53.6 Å². The molecule has 0 saturated carbocycles. The zero-order valence-electron chi connectivity index (χ0n) is 16.1. The van der Waals surface area contributed by atoms with Crippen molar-refractivity contribution >= 4 is 12.0 Å². The molecule has 1 atom stereocenters. The van der Waals surface area contributed by atoms with Gasteiger partial charge in [-0.2, -0.15) is 0 Å². The molecule has 3 aliphatic heterocycles. The number of carbonyl (C=O) groups excluding carboxylic acids is 1. The second-order valence-corrected chi connectivity index (χ2v) is 7.33. The van der Waals surface area contributed by atoms with Crippen LogP contribution in [0.3, 0.4) is 0 Å². The van der Waals surface area contributed by atoms with Crippen LogP contribution in [0.4, 0.5) is 0 Å². The van der Waals surface area contributed by atoms with Crippen molar-refractivity contribution in [1.82, 2.24) is 4.90 Å². The van der Waals surface area contributed by atoms with Crippen molar-refractivity contribution in [2.75, 3.05) is 33.0 Å². The molecule has 3 heterocycles. The molecular weight excluding hydrogens is 370 g/mol. The highest BCUT2D eigenvalue weighted by Crippen LogP contribution is 2.38. The Bertz CT molecular complexity index is 954. The highest BCUT2D eigenvalue weighted by atomic mass is 16.6. The minimum absolute atomic E-state index is 0.0114. The van der Waals surface area contributed by atoms with E-state index in [-0.39, 0.29) is 11.9 Å². The van der Waals surface area contributed by atoms with Crippen molar-refractivity contribution in [2.24, 2.45) is 0 Å². The van der Waals surface area contributed by atoms with Crippen LogP contribution in [0.1, 0.15) is 30.0 Å². The van der Waals surface area contributed by atoms with Crippen LogP contribution in [0.15, 0.2) is 42.5 Å². The summed E-state index contributed by atoms with van der Waals surface area (Å²) >= 11 is 0. The molecule has 5 rings (SSSR count). The Morgan fingerprint density at radius 3 is 2.28 bits per heavy atom. The fourth-order valence-electron chi connectivity index (χ4n) is 4.07. The van der Waals surface area contributed by atoms with Gasteiger partial charge in [-0.15, -0.1) is 0 Å². The molecule has 6 heteroatoms. The molecule has 0 aromatic heterocycles. The number of likely N-dealkylation sites (tertiary alicyclic amines) is 1. The van der Waals surface area contributed by atoms with Gasteiger partial charge in [0.2, 0.25) is 5.91 Å². The molecule has 0 aliphatic carbocycles. The van der Waals surface area contributed by atoms with Crippen molar-refractivity contribution in [2.45, 2.75) is 18.9 Å². The number of fused-ring (bicyclic) bond motifs is 2. The highest BCUT2D eigenvalue weighted by molar-refractivity contribution is 5.92. The Morgan fingerprint density at radius 2 is 1.52 bits per heavy atom. The molecule has 0 N–H and O–H groups in total. The van der Waals surface area contributed by atoms with E-state index in [0.717, 1.165) is 53.5 Å². The molecule has 3 aliphatic rings. The van der Waals surface area contributed by atoms with Gasteiger partial charge in [-0.05, 0) is 54.3 Å². The number of amides is 1. The van der Waals surface area contributed by atoms with Crippen LogP contribution >= 0.6 is 0 Å². The van der Waals surface area contributed by atoms with Gasteiger partial charge in [0, 0.05) is 12.6 Å². The maximum atomic E-state index is 12.9. The second-order valence-electron chi connectivity index (χ2n) is 7.33. The lowest BCUT2D eigenvalue weighted by Gasteiger charge is -2.26. The van der Waals surface area contributed by atoms with Crippen LogP contribution in [0.2, 0.25) is 0 Å². The van der Waals surface area contributed by atoms with E-state index in [1.165, 1.54) is 0 Å². The van der Waals surface area contributed by atoms with Crippen LogP contribution in [0.25, 0.3) is 6.08 Å². The number of carbonyl (C=O) groups is 1. The summed E-state index contributed by atoms with van der Waals surface area (Å²) in [6.07, 6.45) is 5.41. The highest BCUT2D eigenvalue weighted by Gasteiger charge is 2.29. The normalized spacial score (nSPS) is 20.1. The Hall–Kier alpha value is -3.15. The first-order valence-corrected chi connectivity index (χ1v) is 10.1. The molecule has 1 fully saturated rings. The maximum Gasteiger partial charge on any atom is 0.247 e. The predicted molar refractivity (Wildman–Crippen MR) is 108 cm³/mol. The van der Waals surface area contributed by atoms with Gasteiger partial charge in [-0.25, -0.2) is 0 Å². The molecule has 1 saturated heterocycles. The van der Waals surface area contributed by atoms with E-state index in [0.29, 0.717) is 26.4 Å². The maximum absolute atomic E-state index is 12.9. The van der Waals surface area contributed by atoms with Crippen LogP contribution < -0.4 is 18.9 Å². The first-order chi connectivity index (χ1) is 14.3. The van der Waals surface area contributed by atoms with Gasteiger partial charge in [0.15, 0.2) is 23.0 Å². The fraction of sp³-hybridized carbons (Fsp3) is 0.348. The SMILES string of the molecule is O=C(/C=C/c1ccc2c(c1)OCCO2)N1CCCC1c1ccc2c(c1)OCCO2. The van der Waals surface area contributed by atoms with Crippen LogP contribution in [-0.2, 0) is 4.79 Å². The zero-order chi connectivity index (χ0) is 19.6. The van der Waals surface area contributed by atoms with E-state index in [1.54, 1.807) is 6.08 Å². The van der Waals surface area contributed by atoms with E-state index >= 15 is 0 Å². The van der Waals surface area contributed by atoms with Crippen LogP contribution in [0.5, 0.6) is 23.0 Å². The third-order valence-electron chi connectivity index (χ3n) is 5.47. The van der Waals surface area contributed by atoms with Crippen molar-refractivity contribution in [3.8, 4) is 23.0 Å². The predicted octanol–water partition coefficient (Wildman–Crippen LogP) is 3.61. The van der Waals surface area contributed by atoms with E-state index in [9.17, 15) is 4.79 Å². The van der Waals surface area contributed by atoms with Gasteiger partial charge in [0.05, 0.1) is 6.04 Å². The summed E-state index contributed by atoms with van der Waals surface area (Å²) in [7, 11) is 0. The molecule has 0 spiro atoms. The largest absolute Gasteiger partial charge is 0.486 e. The molecule has 2 aromatic rings. The van der Waals surface area contributed by atoms with Crippen molar-refractivity contribution < 1.29 is 23.7 Å². The fourth-order valence-corrected chi connectivity index (χ4v) is 4.07. The lowest BCUT2D eigenvalue weighted by Crippen LogP contribution is -2.29. The molecule has 2 aromatic carbocycles. The van der Waals surface area contributed by atoms with E-state index < -0.39 is 0 Å². The van der Waals surface area contributed by atoms with Gasteiger partial charge in [-0.1, -0.05) is 12.1 Å². The van der Waals surface area contributed by atoms with Crippen LogP contribution in [0, 0.1) is 0 Å². The summed E-state index contributed by atoms with van der Waals surface area (Å²) in [5.74, 6) is 3.02. The quantitative estimate of drug-likeness (QED) is 0.746. The van der Waals surface area contributed by atoms with E-state index in [1.807, 2.05) is 47.4 Å². The molecule has 6 nitrogen and oxygen atoms in total. The Morgan fingerprint density at radius 1 is 0.862 bits per heavy atom. The average Bonchev–Trinajstić information content (AvgIpc) is 3.27. The number of benzene rings is 2. The topological polar surface area (TPSA) is 57.2 Å². The molecule has 150 valence electrons. The van der Waals surface area contributed by atoms with Crippen LogP contribution in [-0.4, -0.2) is 43.8 Å². The number of nitrogens with zero attached hydrogens (tertiary/aromatic N) is 1. The third-order valence-corrected chi connectivity index (χ3v) is 5.47. The van der Waals surface area contributed by atoms with Gasteiger partial charge < -0.3 is 23.8 Å². The number of ether oxygens (including phenoxy) is 4. The summed E-state index contributed by atoms with van der Waals surface area (Å²) in [5, 5.41) is 0. The Labute approximate surface area is 169 Å². The summed E-state index contributed by atoms with van der Waals surface area (Å²) in [6.45, 7) is 3.00. The van der Waals surface area contributed by atoms with Crippen molar-refractivity contribution in [3.63, 3.8) is 0 Å². The number of rotatable bonds is 3. The minimum atomic E-state index is 0.0114. The average molecular weight is 393 g/mol. The van der Waals surface area contributed by atoms with Gasteiger partial charge in [-0.3, -0.25) is 4.79 Å². The summed E-state index contributed by atoms with van der Waals surface area (Å²) in [4.78, 5) is 14.8. The monoisotopic (exact) mass is 393 g/mol. The number of hydrogen-bond acceptors (Lipinski definition) is 5. The first kappa shape index (κ1) is 17.9.